The summed E-state index contributed by atoms with van der Waals surface area (Å²) < 4.78 is 5.82. The van der Waals surface area contributed by atoms with E-state index < -0.39 is 12.2 Å². The number of amides is 2. The summed E-state index contributed by atoms with van der Waals surface area (Å²) in [4.78, 5) is 25.9. The van der Waals surface area contributed by atoms with E-state index in [2.05, 4.69) is 5.32 Å². The molecule has 2 amide bonds. The number of nitrogen functional groups attached to an aromatic ring is 1. The zero-order chi connectivity index (χ0) is 16.4. The number of nitrogens with zero attached hydrogens (tertiary/aromatic N) is 1. The van der Waals surface area contributed by atoms with E-state index in [4.69, 9.17) is 22.1 Å². The number of halogens is 1. The number of ether oxygens (including phenoxy) is 1. The highest BCUT2D eigenvalue weighted by Crippen LogP contribution is 2.23. The summed E-state index contributed by atoms with van der Waals surface area (Å²) in [5.41, 5.74) is 6.97. The molecule has 1 aliphatic heterocycles. The smallest absolute Gasteiger partial charge is 0.414 e. The first-order chi connectivity index (χ1) is 11.0. The van der Waals surface area contributed by atoms with Gasteiger partial charge in [-0.15, -0.1) is 11.3 Å². The summed E-state index contributed by atoms with van der Waals surface area (Å²) in [5.74, 6) is -0.233. The molecule has 1 atom stereocenters. The Balaban J connectivity index is 1.57. The van der Waals surface area contributed by atoms with Crippen LogP contribution in [0.25, 0.3) is 0 Å². The minimum absolute atomic E-state index is 0.233. The van der Waals surface area contributed by atoms with Crippen LogP contribution in [0.15, 0.2) is 36.4 Å². The third-order valence-corrected chi connectivity index (χ3v) is 4.60. The van der Waals surface area contributed by atoms with Gasteiger partial charge in [-0.3, -0.25) is 9.69 Å². The maximum Gasteiger partial charge on any atom is 0.414 e. The molecule has 1 saturated heterocycles. The number of hydrogen-bond donors (Lipinski definition) is 2. The van der Waals surface area contributed by atoms with Gasteiger partial charge in [0, 0.05) is 11.4 Å². The van der Waals surface area contributed by atoms with Gasteiger partial charge in [0.15, 0.2) is 0 Å². The van der Waals surface area contributed by atoms with Gasteiger partial charge >= 0.3 is 6.09 Å². The Morgan fingerprint density at radius 2 is 2.09 bits per heavy atom. The molecule has 0 unspecified atom stereocenters. The molecule has 2 aromatic rings. The van der Waals surface area contributed by atoms with Gasteiger partial charge in [-0.2, -0.15) is 0 Å². The normalized spacial score (nSPS) is 17.2. The summed E-state index contributed by atoms with van der Waals surface area (Å²) in [6, 6.07) is 10.3. The number of anilines is 2. The number of nitrogens with two attached hydrogens (primary N) is 1. The standard InChI is InChI=1S/C15H14ClN3O3S/c16-13-6-5-12(23-13)14(20)18-7-11-8-19(15(21)22-11)10-3-1-9(17)2-4-10/h1-6,11H,7-8,17H2,(H,18,20)/t11-/m0/s1. The minimum atomic E-state index is -0.437. The number of carbonyl (C=O) groups is 2. The molecule has 1 fully saturated rings. The van der Waals surface area contributed by atoms with Crippen LogP contribution in [0.5, 0.6) is 0 Å². The Kier molecular flexibility index (Phi) is 4.40. The van der Waals surface area contributed by atoms with E-state index in [0.717, 1.165) is 0 Å². The van der Waals surface area contributed by atoms with Crippen molar-refractivity contribution in [1.29, 1.82) is 0 Å². The summed E-state index contributed by atoms with van der Waals surface area (Å²) in [6.07, 6.45) is -0.840. The van der Waals surface area contributed by atoms with Crippen molar-refractivity contribution in [2.24, 2.45) is 0 Å². The van der Waals surface area contributed by atoms with Gasteiger partial charge in [-0.1, -0.05) is 11.6 Å². The molecule has 6 nitrogen and oxygen atoms in total. The monoisotopic (exact) mass is 351 g/mol. The van der Waals surface area contributed by atoms with Gasteiger partial charge < -0.3 is 15.8 Å². The quantitative estimate of drug-likeness (QED) is 0.829. The van der Waals surface area contributed by atoms with Crippen molar-refractivity contribution in [2.75, 3.05) is 23.7 Å². The molecule has 2 heterocycles. The molecule has 23 heavy (non-hydrogen) atoms. The molecule has 0 bridgehead atoms. The summed E-state index contributed by atoms with van der Waals surface area (Å²) in [7, 11) is 0. The van der Waals surface area contributed by atoms with Gasteiger partial charge in [0.05, 0.1) is 22.3 Å². The second-order valence-electron chi connectivity index (χ2n) is 5.02. The van der Waals surface area contributed by atoms with E-state index in [9.17, 15) is 9.59 Å². The van der Waals surface area contributed by atoms with Crippen LogP contribution in [-0.2, 0) is 4.74 Å². The van der Waals surface area contributed by atoms with Crippen LogP contribution in [0, 0.1) is 0 Å². The number of cyclic esters (lactones) is 1. The molecule has 1 aromatic heterocycles. The number of rotatable bonds is 4. The molecule has 3 rings (SSSR count). The molecule has 8 heteroatoms. The Bertz CT molecular complexity index is 732. The molecule has 120 valence electrons. The van der Waals surface area contributed by atoms with Crippen LogP contribution in [0.2, 0.25) is 4.34 Å². The molecule has 0 saturated carbocycles. The predicted octanol–water partition coefficient (Wildman–Crippen LogP) is 2.74. The van der Waals surface area contributed by atoms with E-state index in [1.54, 1.807) is 36.4 Å². The van der Waals surface area contributed by atoms with Crippen LogP contribution in [0.1, 0.15) is 9.67 Å². The van der Waals surface area contributed by atoms with E-state index >= 15 is 0 Å². The van der Waals surface area contributed by atoms with Crippen molar-refractivity contribution in [3.63, 3.8) is 0 Å². The number of thiophene rings is 1. The van der Waals surface area contributed by atoms with Crippen molar-refractivity contribution < 1.29 is 14.3 Å². The predicted molar refractivity (Wildman–Crippen MR) is 90.1 cm³/mol. The minimum Gasteiger partial charge on any atom is -0.442 e. The summed E-state index contributed by atoms with van der Waals surface area (Å²) >= 11 is 7.00. The second kappa shape index (κ2) is 6.47. The highest BCUT2D eigenvalue weighted by atomic mass is 35.5. The molecular formula is C15H14ClN3O3S. The highest BCUT2D eigenvalue weighted by Gasteiger charge is 2.32. The van der Waals surface area contributed by atoms with Crippen LogP contribution < -0.4 is 16.0 Å². The fourth-order valence-corrected chi connectivity index (χ4v) is 3.18. The van der Waals surface area contributed by atoms with E-state index in [-0.39, 0.29) is 12.5 Å². The van der Waals surface area contributed by atoms with Crippen molar-refractivity contribution in [3.8, 4) is 0 Å². The Labute approximate surface area is 141 Å². The van der Waals surface area contributed by atoms with Crippen molar-refractivity contribution in [2.45, 2.75) is 6.10 Å². The summed E-state index contributed by atoms with van der Waals surface area (Å²) in [6.45, 7) is 0.611. The third-order valence-electron chi connectivity index (χ3n) is 3.37. The van der Waals surface area contributed by atoms with Gasteiger partial charge in [-0.25, -0.2) is 4.79 Å². The number of benzene rings is 1. The third kappa shape index (κ3) is 3.57. The molecule has 0 spiro atoms. The maximum atomic E-state index is 12.0. The first kappa shape index (κ1) is 15.6. The van der Waals surface area contributed by atoms with Gasteiger partial charge in [0.1, 0.15) is 6.10 Å². The molecule has 0 aliphatic carbocycles. The fourth-order valence-electron chi connectivity index (χ4n) is 2.22. The summed E-state index contributed by atoms with van der Waals surface area (Å²) in [5, 5.41) is 2.74. The average Bonchev–Trinajstić information content (AvgIpc) is 3.12. The van der Waals surface area contributed by atoms with Crippen molar-refractivity contribution in [1.82, 2.24) is 5.32 Å². The lowest BCUT2D eigenvalue weighted by Crippen LogP contribution is -2.34. The largest absolute Gasteiger partial charge is 0.442 e. The van der Waals surface area contributed by atoms with Crippen molar-refractivity contribution in [3.05, 3.63) is 45.6 Å². The first-order valence-electron chi connectivity index (χ1n) is 6.90. The number of hydrogen-bond acceptors (Lipinski definition) is 5. The van der Waals surface area contributed by atoms with Gasteiger partial charge in [0.2, 0.25) is 0 Å². The van der Waals surface area contributed by atoms with Gasteiger partial charge in [-0.05, 0) is 36.4 Å². The molecular weight excluding hydrogens is 338 g/mol. The van der Waals surface area contributed by atoms with Gasteiger partial charge in [0.25, 0.3) is 5.91 Å². The van der Waals surface area contributed by atoms with Crippen LogP contribution in [0.3, 0.4) is 0 Å². The number of nitrogens with one attached hydrogen (secondary N) is 1. The number of carbonyl (C=O) groups excluding carboxylic acids is 2. The van der Waals surface area contributed by atoms with Crippen molar-refractivity contribution >= 4 is 46.3 Å². The molecule has 3 N–H and O–H groups in total. The highest BCUT2D eigenvalue weighted by molar-refractivity contribution is 7.17. The van der Waals surface area contributed by atoms with E-state index in [0.29, 0.717) is 27.1 Å². The van der Waals surface area contributed by atoms with Crippen LogP contribution >= 0.6 is 22.9 Å². The van der Waals surface area contributed by atoms with E-state index in [1.807, 2.05) is 0 Å². The van der Waals surface area contributed by atoms with Crippen LogP contribution in [0.4, 0.5) is 16.2 Å². The average molecular weight is 352 g/mol. The lowest BCUT2D eigenvalue weighted by atomic mass is 10.2. The Hall–Kier alpha value is -2.25. The first-order valence-corrected chi connectivity index (χ1v) is 8.09. The topological polar surface area (TPSA) is 84.7 Å². The zero-order valence-electron chi connectivity index (χ0n) is 12.0. The molecule has 1 aliphatic rings. The fraction of sp³-hybridized carbons (Fsp3) is 0.200. The Morgan fingerprint density at radius 1 is 1.35 bits per heavy atom. The van der Waals surface area contributed by atoms with Crippen LogP contribution in [-0.4, -0.2) is 31.2 Å². The molecule has 1 aromatic carbocycles. The zero-order valence-corrected chi connectivity index (χ0v) is 13.6. The van der Waals surface area contributed by atoms with E-state index in [1.165, 1.54) is 16.2 Å². The molecule has 0 radical (unpaired) electrons. The maximum absolute atomic E-state index is 12.0. The SMILES string of the molecule is Nc1ccc(N2C[C@H](CNC(=O)c3ccc(Cl)s3)OC2=O)cc1. The lowest BCUT2D eigenvalue weighted by Gasteiger charge is -2.13. The Morgan fingerprint density at radius 3 is 2.74 bits per heavy atom. The lowest BCUT2D eigenvalue weighted by molar-refractivity contribution is 0.0920. The second-order valence-corrected chi connectivity index (χ2v) is 6.74.